The van der Waals surface area contributed by atoms with Crippen molar-refractivity contribution in [2.24, 2.45) is 0 Å². The number of allylic oxidation sites excluding steroid dienone is 8. The highest BCUT2D eigenvalue weighted by molar-refractivity contribution is 7.47. The van der Waals surface area contributed by atoms with Gasteiger partial charge in [-0.15, -0.1) is 0 Å². The molecule has 0 heterocycles. The molecule has 428 valence electrons. The van der Waals surface area contributed by atoms with E-state index in [-0.39, 0.29) is 25.6 Å². The van der Waals surface area contributed by atoms with Crippen LogP contribution in [0.2, 0.25) is 0 Å². The molecule has 2 atom stereocenters. The van der Waals surface area contributed by atoms with Crippen LogP contribution in [0, 0.1) is 0 Å². The van der Waals surface area contributed by atoms with Crippen LogP contribution in [-0.4, -0.2) is 74.9 Å². The van der Waals surface area contributed by atoms with E-state index < -0.39 is 26.5 Å². The molecule has 0 aliphatic carbocycles. The summed E-state index contributed by atoms with van der Waals surface area (Å²) < 4.78 is 34.6. The summed E-state index contributed by atoms with van der Waals surface area (Å²) in [5.41, 5.74) is 0. The average molecular weight is 1050 g/mol. The minimum Gasteiger partial charge on any atom is -0.462 e. The Hall–Kier alpha value is -2.03. The Morgan fingerprint density at radius 3 is 1.16 bits per heavy atom. The molecule has 0 rings (SSSR count). The fourth-order valence-corrected chi connectivity index (χ4v) is 9.63. The summed E-state index contributed by atoms with van der Waals surface area (Å²) in [5.74, 6) is -0.781. The first-order valence-corrected chi connectivity index (χ1v) is 32.4. The maximum absolute atomic E-state index is 12.8. The van der Waals surface area contributed by atoms with Crippen molar-refractivity contribution < 1.29 is 42.1 Å². The van der Waals surface area contributed by atoms with E-state index in [9.17, 15) is 19.0 Å². The number of phosphoric ester groups is 1. The molecule has 0 fully saturated rings. The molecule has 0 aliphatic rings. The molecule has 0 saturated heterocycles. The minimum atomic E-state index is -4.38. The van der Waals surface area contributed by atoms with Crippen LogP contribution in [0.5, 0.6) is 0 Å². The predicted molar refractivity (Wildman–Crippen MR) is 312 cm³/mol. The van der Waals surface area contributed by atoms with Gasteiger partial charge in [0.05, 0.1) is 27.7 Å². The van der Waals surface area contributed by atoms with Gasteiger partial charge in [0.1, 0.15) is 19.8 Å². The molecular weight excluding hydrogens is 930 g/mol. The maximum atomic E-state index is 12.8. The monoisotopic (exact) mass is 1050 g/mol. The number of phosphoric acid groups is 1. The van der Waals surface area contributed by atoms with Crippen LogP contribution in [0.3, 0.4) is 0 Å². The van der Waals surface area contributed by atoms with E-state index in [4.69, 9.17) is 18.5 Å². The van der Waals surface area contributed by atoms with Gasteiger partial charge < -0.3 is 18.9 Å². The highest BCUT2D eigenvalue weighted by Crippen LogP contribution is 2.43. The van der Waals surface area contributed by atoms with E-state index in [0.717, 1.165) is 57.8 Å². The first kappa shape index (κ1) is 71.0. The Balaban J connectivity index is 3.95. The van der Waals surface area contributed by atoms with Gasteiger partial charge in [-0.05, 0) is 51.4 Å². The standard InChI is InChI=1S/C63H118NO8P/c1-6-8-10-12-14-16-18-20-22-23-24-25-26-27-28-29-30-31-32-33-34-35-36-37-38-39-40-41-42-44-46-48-50-52-54-56-63(66)72-61(60-71-73(67,68)70-58-57-64(3,4)5)59-69-62(65)55-53-51-49-47-45-43-21-19-17-15-13-11-9-7-2/h8,10,14,16,20,22,24-25,61H,6-7,9,11-13,15,17-19,21,23,26-60H2,1-5H3/p+1/b10-8-,16-14-,22-20-,25-24-. The molecule has 0 aromatic heterocycles. The second kappa shape index (κ2) is 54.7. The zero-order chi connectivity index (χ0) is 53.5. The van der Waals surface area contributed by atoms with Crippen molar-refractivity contribution >= 4 is 19.8 Å². The van der Waals surface area contributed by atoms with E-state index >= 15 is 0 Å². The van der Waals surface area contributed by atoms with Gasteiger partial charge in [-0.2, -0.15) is 0 Å². The van der Waals surface area contributed by atoms with Gasteiger partial charge >= 0.3 is 19.8 Å². The topological polar surface area (TPSA) is 108 Å². The Kier molecular flexibility index (Phi) is 53.2. The number of nitrogens with zero attached hydrogens (tertiary/aromatic N) is 1. The van der Waals surface area contributed by atoms with Crippen LogP contribution >= 0.6 is 7.82 Å². The number of unbranched alkanes of at least 4 members (excludes halogenated alkanes) is 35. The molecule has 10 heteroatoms. The fraction of sp³-hybridized carbons (Fsp3) is 0.841. The summed E-state index contributed by atoms with van der Waals surface area (Å²) >= 11 is 0. The highest BCUT2D eigenvalue weighted by atomic mass is 31.2. The van der Waals surface area contributed by atoms with E-state index in [2.05, 4.69) is 62.5 Å². The third-order valence-electron chi connectivity index (χ3n) is 13.6. The van der Waals surface area contributed by atoms with E-state index in [0.29, 0.717) is 23.9 Å². The fourth-order valence-electron chi connectivity index (χ4n) is 8.89. The number of rotatable bonds is 57. The number of esters is 2. The molecule has 0 aliphatic heterocycles. The van der Waals surface area contributed by atoms with Gasteiger partial charge in [-0.1, -0.05) is 274 Å². The number of hydrogen-bond donors (Lipinski definition) is 1. The normalized spacial score (nSPS) is 13.6. The van der Waals surface area contributed by atoms with Crippen LogP contribution in [0.1, 0.15) is 290 Å². The van der Waals surface area contributed by atoms with Crippen LogP contribution in [0.15, 0.2) is 48.6 Å². The van der Waals surface area contributed by atoms with Gasteiger partial charge in [0.15, 0.2) is 6.10 Å². The molecule has 0 radical (unpaired) electrons. The molecule has 0 amide bonds. The summed E-state index contributed by atoms with van der Waals surface area (Å²) in [4.78, 5) is 35.7. The van der Waals surface area contributed by atoms with Crippen molar-refractivity contribution in [3.05, 3.63) is 48.6 Å². The minimum absolute atomic E-state index is 0.0345. The Bertz CT molecular complexity index is 1370. The molecule has 0 spiro atoms. The van der Waals surface area contributed by atoms with Gasteiger partial charge in [0, 0.05) is 12.8 Å². The lowest BCUT2D eigenvalue weighted by Crippen LogP contribution is -2.37. The van der Waals surface area contributed by atoms with Crippen molar-refractivity contribution in [2.75, 3.05) is 47.5 Å². The lowest BCUT2D eigenvalue weighted by Gasteiger charge is -2.24. The molecule has 0 aromatic carbocycles. The number of carbonyl (C=O) groups is 2. The first-order chi connectivity index (χ1) is 35.5. The van der Waals surface area contributed by atoms with Crippen molar-refractivity contribution in [2.45, 2.75) is 296 Å². The first-order valence-electron chi connectivity index (χ1n) is 30.9. The Labute approximate surface area is 452 Å². The van der Waals surface area contributed by atoms with Crippen molar-refractivity contribution in [1.82, 2.24) is 0 Å². The Morgan fingerprint density at radius 1 is 0.438 bits per heavy atom. The van der Waals surface area contributed by atoms with Crippen molar-refractivity contribution in [3.8, 4) is 0 Å². The van der Waals surface area contributed by atoms with Gasteiger partial charge in [-0.25, -0.2) is 4.57 Å². The SMILES string of the molecule is CC/C=C\C/C=C\C/C=C\C/C=C\CCCCCCCCCCCCCCCCCCCCCCCCC(=O)OC(COC(=O)CCCCCCCCCCCCCCCC)COP(=O)(O)OCC[N+](C)(C)C. The lowest BCUT2D eigenvalue weighted by atomic mass is 10.0. The van der Waals surface area contributed by atoms with E-state index in [1.165, 1.54) is 199 Å². The lowest BCUT2D eigenvalue weighted by molar-refractivity contribution is -0.870. The molecule has 1 N–H and O–H groups in total. The quantitative estimate of drug-likeness (QED) is 0.0211. The van der Waals surface area contributed by atoms with Gasteiger partial charge in [0.25, 0.3) is 0 Å². The van der Waals surface area contributed by atoms with E-state index in [1.54, 1.807) is 0 Å². The molecule has 0 bridgehead atoms. The van der Waals surface area contributed by atoms with Crippen LogP contribution < -0.4 is 0 Å². The largest absolute Gasteiger partial charge is 0.472 e. The summed E-state index contributed by atoms with van der Waals surface area (Å²) in [6, 6.07) is 0. The predicted octanol–water partition coefficient (Wildman–Crippen LogP) is 19.3. The van der Waals surface area contributed by atoms with Crippen molar-refractivity contribution in [3.63, 3.8) is 0 Å². The smallest absolute Gasteiger partial charge is 0.462 e. The number of likely N-dealkylation sites (N-methyl/N-ethyl adjacent to an activating group) is 1. The number of ether oxygens (including phenoxy) is 2. The summed E-state index contributed by atoms with van der Waals surface area (Å²) in [7, 11) is 1.49. The number of quaternary nitrogens is 1. The zero-order valence-electron chi connectivity index (χ0n) is 48.6. The summed E-state index contributed by atoms with van der Waals surface area (Å²) in [6.07, 6.45) is 69.2. The third-order valence-corrected chi connectivity index (χ3v) is 14.6. The average Bonchev–Trinajstić information content (AvgIpc) is 3.35. The second-order valence-corrected chi connectivity index (χ2v) is 23.5. The molecule has 2 unspecified atom stereocenters. The van der Waals surface area contributed by atoms with Gasteiger partial charge in [0.2, 0.25) is 0 Å². The third kappa shape index (κ3) is 59.1. The zero-order valence-corrected chi connectivity index (χ0v) is 49.5. The summed E-state index contributed by atoms with van der Waals surface area (Å²) in [5, 5.41) is 0. The molecule has 0 aromatic rings. The molecule has 0 saturated carbocycles. The molecule has 9 nitrogen and oxygen atoms in total. The van der Waals surface area contributed by atoms with Gasteiger partial charge in [-0.3, -0.25) is 18.6 Å². The molecular formula is C63H119NO8P+. The number of carbonyl (C=O) groups excluding carboxylic acids is 2. The maximum Gasteiger partial charge on any atom is 0.472 e. The van der Waals surface area contributed by atoms with Crippen LogP contribution in [-0.2, 0) is 32.7 Å². The molecule has 73 heavy (non-hydrogen) atoms. The second-order valence-electron chi connectivity index (χ2n) is 22.1. The Morgan fingerprint density at radius 2 is 0.781 bits per heavy atom. The van der Waals surface area contributed by atoms with E-state index in [1.807, 2.05) is 21.1 Å². The van der Waals surface area contributed by atoms with Crippen LogP contribution in [0.25, 0.3) is 0 Å². The summed E-state index contributed by atoms with van der Waals surface area (Å²) in [6.45, 7) is 4.36. The van der Waals surface area contributed by atoms with Crippen LogP contribution in [0.4, 0.5) is 0 Å². The van der Waals surface area contributed by atoms with Crippen molar-refractivity contribution in [1.29, 1.82) is 0 Å². The highest BCUT2D eigenvalue weighted by Gasteiger charge is 2.27. The number of hydrogen-bond acceptors (Lipinski definition) is 7.